The number of rotatable bonds is 9. The Bertz CT molecular complexity index is 729. The number of carbonyl (C=O) groups excluding carboxylic acids is 2. The molecule has 6 nitrogen and oxygen atoms in total. The van der Waals surface area contributed by atoms with Gasteiger partial charge in [0.25, 0.3) is 0 Å². The first-order chi connectivity index (χ1) is 12.6. The Hall–Kier alpha value is -2.70. The van der Waals surface area contributed by atoms with Crippen molar-refractivity contribution in [3.8, 4) is 0 Å². The topological polar surface area (TPSA) is 98.7 Å². The highest BCUT2D eigenvalue weighted by atomic mass is 16.5. The van der Waals surface area contributed by atoms with Gasteiger partial charge in [-0.05, 0) is 54.5 Å². The third kappa shape index (κ3) is 6.66. The second kappa shape index (κ2) is 10.3. The monoisotopic (exact) mass is 356 g/mol. The lowest BCUT2D eigenvalue weighted by Gasteiger charge is -2.07. The minimum absolute atomic E-state index is 0.167. The number of aryl methyl sites for hydroxylation is 2. The minimum atomic E-state index is -0.520. The molecule has 0 fully saturated rings. The Kier molecular flexibility index (Phi) is 7.79. The van der Waals surface area contributed by atoms with E-state index in [2.05, 4.69) is 5.32 Å². The van der Waals surface area contributed by atoms with Crippen LogP contribution >= 0.6 is 0 Å². The number of benzene rings is 2. The number of nitrogens with one attached hydrogen (secondary N) is 2. The van der Waals surface area contributed by atoms with Crippen LogP contribution in [0, 0.1) is 0 Å². The van der Waals surface area contributed by atoms with E-state index < -0.39 is 18.4 Å². The summed E-state index contributed by atoms with van der Waals surface area (Å²) in [7, 11) is 0. The largest absolute Gasteiger partial charge is 0.387 e. The Balaban J connectivity index is 1.75. The molecule has 0 aromatic heterocycles. The second-order valence-electron chi connectivity index (χ2n) is 6.14. The molecule has 2 aromatic rings. The van der Waals surface area contributed by atoms with Gasteiger partial charge in [-0.15, -0.1) is 0 Å². The number of hydroxylamine groups is 1. The molecule has 0 atom stereocenters. The second-order valence-corrected chi connectivity index (χ2v) is 6.14. The third-order valence-electron chi connectivity index (χ3n) is 4.05. The normalized spacial score (nSPS) is 10.4. The van der Waals surface area contributed by atoms with Crippen LogP contribution in [-0.2, 0) is 28.9 Å². The minimum Gasteiger partial charge on any atom is -0.387 e. The Morgan fingerprint density at radius 3 is 2.15 bits per heavy atom. The molecular formula is C20H24N2O4. The molecule has 0 heterocycles. The Morgan fingerprint density at radius 1 is 0.846 bits per heavy atom. The van der Waals surface area contributed by atoms with Crippen molar-refractivity contribution in [2.24, 2.45) is 0 Å². The van der Waals surface area contributed by atoms with Gasteiger partial charge < -0.3 is 10.4 Å². The number of carbonyl (C=O) groups is 2. The van der Waals surface area contributed by atoms with Gasteiger partial charge in [0.05, 0.1) is 6.42 Å². The maximum Gasteiger partial charge on any atom is 0.250 e. The van der Waals surface area contributed by atoms with Gasteiger partial charge in [-0.2, -0.15) is 0 Å². The number of hydrogen-bond donors (Lipinski definition) is 4. The van der Waals surface area contributed by atoms with Crippen LogP contribution in [-0.4, -0.2) is 28.7 Å². The van der Waals surface area contributed by atoms with E-state index in [4.69, 9.17) is 10.3 Å². The summed E-state index contributed by atoms with van der Waals surface area (Å²) in [6, 6.07) is 15.5. The molecule has 4 N–H and O–H groups in total. The van der Waals surface area contributed by atoms with E-state index in [1.165, 1.54) is 5.56 Å². The van der Waals surface area contributed by atoms with Gasteiger partial charge in [0.15, 0.2) is 0 Å². The molecular weight excluding hydrogens is 332 g/mol. The maximum atomic E-state index is 11.2. The predicted molar refractivity (Wildman–Crippen MR) is 98.9 cm³/mol. The van der Waals surface area contributed by atoms with Crippen molar-refractivity contribution < 1.29 is 19.9 Å². The summed E-state index contributed by atoms with van der Waals surface area (Å²) in [4.78, 5) is 22.3. The number of amides is 2. The van der Waals surface area contributed by atoms with Crippen LogP contribution in [0.3, 0.4) is 0 Å². The fourth-order valence-electron chi connectivity index (χ4n) is 2.71. The lowest BCUT2D eigenvalue weighted by Crippen LogP contribution is -2.20. The van der Waals surface area contributed by atoms with Crippen molar-refractivity contribution in [3.63, 3.8) is 0 Å². The molecule has 138 valence electrons. The molecule has 0 radical (unpaired) electrons. The molecule has 0 saturated heterocycles. The first kappa shape index (κ1) is 19.6. The fraction of sp³-hybridized carbons (Fsp3) is 0.300. The molecule has 0 spiro atoms. The van der Waals surface area contributed by atoms with Crippen molar-refractivity contribution >= 4 is 17.5 Å². The van der Waals surface area contributed by atoms with E-state index in [-0.39, 0.29) is 6.42 Å². The van der Waals surface area contributed by atoms with E-state index in [1.54, 1.807) is 11.5 Å². The molecule has 0 aliphatic heterocycles. The quantitative estimate of drug-likeness (QED) is 0.315. The maximum absolute atomic E-state index is 11.2. The summed E-state index contributed by atoms with van der Waals surface area (Å²) in [5, 5.41) is 19.9. The van der Waals surface area contributed by atoms with Crippen LogP contribution in [0.1, 0.15) is 29.5 Å². The lowest BCUT2D eigenvalue weighted by molar-refractivity contribution is -0.128. The van der Waals surface area contributed by atoms with E-state index in [0.717, 1.165) is 36.8 Å². The average Bonchev–Trinajstić information content (AvgIpc) is 2.66. The number of aliphatic hydroxyl groups excluding tert-OH is 1. The van der Waals surface area contributed by atoms with Crippen molar-refractivity contribution in [2.75, 3.05) is 11.9 Å². The van der Waals surface area contributed by atoms with E-state index in [9.17, 15) is 9.59 Å². The summed E-state index contributed by atoms with van der Waals surface area (Å²) in [6.07, 6.45) is 4.08. The SMILES string of the molecule is O=C(Cc1ccc(CCCCc2cccc(NC(=O)CO)c2)cc1)NO. The van der Waals surface area contributed by atoms with Gasteiger partial charge in [-0.1, -0.05) is 36.4 Å². The van der Waals surface area contributed by atoms with Gasteiger partial charge in [-0.25, -0.2) is 5.48 Å². The van der Waals surface area contributed by atoms with Crippen molar-refractivity contribution in [3.05, 3.63) is 65.2 Å². The Morgan fingerprint density at radius 2 is 1.50 bits per heavy atom. The number of unbranched alkanes of at least 4 members (excludes halogenated alkanes) is 1. The Labute approximate surface area is 152 Å². The van der Waals surface area contributed by atoms with Gasteiger partial charge in [-0.3, -0.25) is 14.8 Å². The summed E-state index contributed by atoms with van der Waals surface area (Å²) >= 11 is 0. The fourth-order valence-corrected chi connectivity index (χ4v) is 2.71. The summed E-state index contributed by atoms with van der Waals surface area (Å²) < 4.78 is 0. The van der Waals surface area contributed by atoms with Crippen LogP contribution in [0.15, 0.2) is 48.5 Å². The third-order valence-corrected chi connectivity index (χ3v) is 4.05. The van der Waals surface area contributed by atoms with Crippen LogP contribution < -0.4 is 10.8 Å². The van der Waals surface area contributed by atoms with Crippen molar-refractivity contribution in [2.45, 2.75) is 32.1 Å². The smallest absolute Gasteiger partial charge is 0.250 e. The lowest BCUT2D eigenvalue weighted by atomic mass is 10.0. The zero-order valence-corrected chi connectivity index (χ0v) is 14.6. The highest BCUT2D eigenvalue weighted by Gasteiger charge is 2.03. The first-order valence-electron chi connectivity index (χ1n) is 8.61. The zero-order valence-electron chi connectivity index (χ0n) is 14.6. The van der Waals surface area contributed by atoms with Crippen molar-refractivity contribution in [1.29, 1.82) is 0 Å². The molecule has 0 aliphatic carbocycles. The summed E-state index contributed by atoms with van der Waals surface area (Å²) in [5.41, 5.74) is 5.54. The summed E-state index contributed by atoms with van der Waals surface area (Å²) in [6.45, 7) is -0.520. The molecule has 0 saturated carbocycles. The highest BCUT2D eigenvalue weighted by Crippen LogP contribution is 2.14. The molecule has 0 aliphatic rings. The molecule has 2 aromatic carbocycles. The van der Waals surface area contributed by atoms with Crippen LogP contribution in [0.5, 0.6) is 0 Å². The van der Waals surface area contributed by atoms with Gasteiger partial charge in [0.2, 0.25) is 11.8 Å². The summed E-state index contributed by atoms with van der Waals surface area (Å²) in [5.74, 6) is -0.836. The van der Waals surface area contributed by atoms with Crippen molar-refractivity contribution in [1.82, 2.24) is 5.48 Å². The van der Waals surface area contributed by atoms with E-state index >= 15 is 0 Å². The first-order valence-corrected chi connectivity index (χ1v) is 8.61. The van der Waals surface area contributed by atoms with Crippen LogP contribution in [0.2, 0.25) is 0 Å². The van der Waals surface area contributed by atoms with E-state index in [0.29, 0.717) is 5.69 Å². The average molecular weight is 356 g/mol. The predicted octanol–water partition coefficient (Wildman–Crippen LogP) is 2.23. The molecule has 0 bridgehead atoms. The molecule has 2 rings (SSSR count). The molecule has 6 heteroatoms. The van der Waals surface area contributed by atoms with Crippen LogP contribution in [0.25, 0.3) is 0 Å². The highest BCUT2D eigenvalue weighted by molar-refractivity contribution is 5.91. The van der Waals surface area contributed by atoms with Gasteiger partial charge in [0.1, 0.15) is 6.61 Å². The molecule has 0 unspecified atom stereocenters. The number of anilines is 1. The molecule has 26 heavy (non-hydrogen) atoms. The van der Waals surface area contributed by atoms with Gasteiger partial charge >= 0.3 is 0 Å². The van der Waals surface area contributed by atoms with E-state index in [1.807, 2.05) is 42.5 Å². The molecule has 2 amide bonds. The van der Waals surface area contributed by atoms with Gasteiger partial charge in [0, 0.05) is 5.69 Å². The number of aliphatic hydroxyl groups is 1. The van der Waals surface area contributed by atoms with Crippen LogP contribution in [0.4, 0.5) is 5.69 Å². The number of hydrogen-bond acceptors (Lipinski definition) is 4. The standard InChI is InChI=1S/C20H24N2O4/c23-14-20(25)21-18-7-3-6-16(12-18)5-2-1-4-15-8-10-17(11-9-15)13-19(24)22-26/h3,6-12,23,26H,1-2,4-5,13-14H2,(H,21,25)(H,22,24). The zero-order chi connectivity index (χ0) is 18.8.